The Hall–Kier alpha value is -0.260. The molecular formula is C14H24. The molecule has 0 aromatic rings. The van der Waals surface area contributed by atoms with Crippen molar-refractivity contribution in [3.63, 3.8) is 0 Å². The van der Waals surface area contributed by atoms with Gasteiger partial charge in [0.2, 0.25) is 0 Å². The van der Waals surface area contributed by atoms with Gasteiger partial charge < -0.3 is 0 Å². The van der Waals surface area contributed by atoms with Crippen molar-refractivity contribution in [2.24, 2.45) is 17.8 Å². The van der Waals surface area contributed by atoms with Gasteiger partial charge in [0.15, 0.2) is 0 Å². The molecule has 0 aromatic carbocycles. The number of hydrogen-bond donors (Lipinski definition) is 0. The molecule has 0 heterocycles. The van der Waals surface area contributed by atoms with Crippen LogP contribution in [0.15, 0.2) is 12.2 Å². The molecule has 2 aliphatic rings. The van der Waals surface area contributed by atoms with Crippen molar-refractivity contribution in [2.75, 3.05) is 0 Å². The van der Waals surface area contributed by atoms with Crippen molar-refractivity contribution in [3.05, 3.63) is 12.2 Å². The van der Waals surface area contributed by atoms with E-state index >= 15 is 0 Å². The fourth-order valence-corrected chi connectivity index (χ4v) is 2.74. The molecule has 1 fully saturated rings. The Morgan fingerprint density at radius 2 is 1.86 bits per heavy atom. The maximum atomic E-state index is 2.50. The highest BCUT2D eigenvalue weighted by atomic mass is 14.4. The SMILES string of the molecule is CC1CCCCC=CC2CC2CCC1. The zero-order valence-electron chi connectivity index (χ0n) is 9.54. The van der Waals surface area contributed by atoms with Crippen LogP contribution in [-0.4, -0.2) is 0 Å². The standard InChI is InChI=1S/C14H24/c1-12-7-4-2-3-5-9-13-11-14(13)10-6-8-12/h5,9,12-14H,2-4,6-8,10-11H2,1H3. The second-order valence-corrected chi connectivity index (χ2v) is 5.41. The van der Waals surface area contributed by atoms with Crippen LogP contribution in [0, 0.1) is 17.8 Å². The molecule has 0 aliphatic heterocycles. The van der Waals surface area contributed by atoms with E-state index in [0.29, 0.717) is 0 Å². The van der Waals surface area contributed by atoms with Crippen molar-refractivity contribution in [1.82, 2.24) is 0 Å². The molecule has 0 heteroatoms. The number of hydrogen-bond acceptors (Lipinski definition) is 0. The van der Waals surface area contributed by atoms with Gasteiger partial charge in [0.05, 0.1) is 0 Å². The molecule has 0 saturated heterocycles. The Kier molecular flexibility index (Phi) is 3.67. The lowest BCUT2D eigenvalue weighted by atomic mass is 9.96. The minimum absolute atomic E-state index is 0.977. The van der Waals surface area contributed by atoms with Gasteiger partial charge >= 0.3 is 0 Å². The molecule has 14 heavy (non-hydrogen) atoms. The molecule has 1 saturated carbocycles. The first kappa shape index (κ1) is 10.3. The van der Waals surface area contributed by atoms with Gasteiger partial charge in [-0.25, -0.2) is 0 Å². The molecule has 80 valence electrons. The smallest absolute Gasteiger partial charge is 0.0202 e. The van der Waals surface area contributed by atoms with Crippen LogP contribution in [0.25, 0.3) is 0 Å². The largest absolute Gasteiger partial charge is 0.0882 e. The van der Waals surface area contributed by atoms with E-state index in [9.17, 15) is 0 Å². The summed E-state index contributed by atoms with van der Waals surface area (Å²) in [5.41, 5.74) is 0. The Morgan fingerprint density at radius 1 is 1.00 bits per heavy atom. The minimum atomic E-state index is 0.977. The van der Waals surface area contributed by atoms with Crippen molar-refractivity contribution in [2.45, 2.75) is 58.3 Å². The van der Waals surface area contributed by atoms with Gasteiger partial charge in [-0.15, -0.1) is 0 Å². The topological polar surface area (TPSA) is 0 Å². The third-order valence-corrected chi connectivity index (χ3v) is 3.95. The van der Waals surface area contributed by atoms with Gasteiger partial charge in [-0.1, -0.05) is 44.8 Å². The summed E-state index contributed by atoms with van der Waals surface area (Å²) in [4.78, 5) is 0. The van der Waals surface area contributed by atoms with E-state index in [1.165, 1.54) is 51.4 Å². The summed E-state index contributed by atoms with van der Waals surface area (Å²) < 4.78 is 0. The Bertz CT molecular complexity index is 192. The predicted octanol–water partition coefficient (Wildman–Crippen LogP) is 4.56. The van der Waals surface area contributed by atoms with E-state index in [1.54, 1.807) is 0 Å². The molecule has 0 bridgehead atoms. The molecule has 0 spiro atoms. The Labute approximate surface area is 88.8 Å². The first-order chi connectivity index (χ1) is 6.86. The van der Waals surface area contributed by atoms with Gasteiger partial charge in [0.25, 0.3) is 0 Å². The van der Waals surface area contributed by atoms with Gasteiger partial charge in [-0.05, 0) is 43.4 Å². The van der Waals surface area contributed by atoms with Crippen LogP contribution >= 0.6 is 0 Å². The van der Waals surface area contributed by atoms with Crippen LogP contribution in [0.3, 0.4) is 0 Å². The molecule has 0 radical (unpaired) electrons. The van der Waals surface area contributed by atoms with Gasteiger partial charge in [0.1, 0.15) is 0 Å². The fraction of sp³-hybridized carbons (Fsp3) is 0.857. The Morgan fingerprint density at radius 3 is 2.79 bits per heavy atom. The van der Waals surface area contributed by atoms with Gasteiger partial charge in [-0.3, -0.25) is 0 Å². The highest BCUT2D eigenvalue weighted by Gasteiger charge is 2.33. The molecule has 0 aromatic heterocycles. The summed E-state index contributed by atoms with van der Waals surface area (Å²) in [7, 11) is 0. The van der Waals surface area contributed by atoms with Crippen molar-refractivity contribution in [1.29, 1.82) is 0 Å². The van der Waals surface area contributed by atoms with Gasteiger partial charge in [-0.2, -0.15) is 0 Å². The highest BCUT2D eigenvalue weighted by Crippen LogP contribution is 2.43. The first-order valence-corrected chi connectivity index (χ1v) is 6.53. The number of allylic oxidation sites excluding steroid dienone is 2. The maximum absolute atomic E-state index is 2.50. The average molecular weight is 192 g/mol. The molecule has 0 nitrogen and oxygen atoms in total. The minimum Gasteiger partial charge on any atom is -0.0882 e. The highest BCUT2D eigenvalue weighted by molar-refractivity contribution is 5.01. The third-order valence-electron chi connectivity index (χ3n) is 3.95. The summed E-state index contributed by atoms with van der Waals surface area (Å²) in [6, 6.07) is 0. The fourth-order valence-electron chi connectivity index (χ4n) is 2.74. The van der Waals surface area contributed by atoms with E-state index in [1.807, 2.05) is 0 Å². The third kappa shape index (κ3) is 3.15. The quantitative estimate of drug-likeness (QED) is 0.494. The second kappa shape index (κ2) is 5.00. The van der Waals surface area contributed by atoms with Crippen LogP contribution in [-0.2, 0) is 0 Å². The number of rotatable bonds is 0. The molecule has 3 unspecified atom stereocenters. The van der Waals surface area contributed by atoms with Crippen molar-refractivity contribution < 1.29 is 0 Å². The van der Waals surface area contributed by atoms with Crippen LogP contribution in [0.1, 0.15) is 58.3 Å². The lowest BCUT2D eigenvalue weighted by Crippen LogP contribution is -1.96. The van der Waals surface area contributed by atoms with Crippen LogP contribution in [0.4, 0.5) is 0 Å². The molecule has 2 aliphatic carbocycles. The lowest BCUT2D eigenvalue weighted by Gasteiger charge is -2.11. The van der Waals surface area contributed by atoms with Crippen molar-refractivity contribution in [3.8, 4) is 0 Å². The zero-order valence-corrected chi connectivity index (χ0v) is 9.54. The Balaban J connectivity index is 1.78. The second-order valence-electron chi connectivity index (χ2n) is 5.41. The summed E-state index contributed by atoms with van der Waals surface area (Å²) in [6.45, 7) is 2.44. The normalized spacial score (nSPS) is 39.4. The van der Waals surface area contributed by atoms with Crippen LogP contribution in [0.2, 0.25) is 0 Å². The molecular weight excluding hydrogens is 168 g/mol. The summed E-state index contributed by atoms with van der Waals surface area (Å²) in [5, 5.41) is 0. The maximum Gasteiger partial charge on any atom is -0.0202 e. The van der Waals surface area contributed by atoms with Gasteiger partial charge in [0, 0.05) is 0 Å². The summed E-state index contributed by atoms with van der Waals surface area (Å²) in [5.74, 6) is 3.03. The van der Waals surface area contributed by atoms with Crippen LogP contribution in [0.5, 0.6) is 0 Å². The van der Waals surface area contributed by atoms with E-state index in [2.05, 4.69) is 19.1 Å². The van der Waals surface area contributed by atoms with E-state index in [-0.39, 0.29) is 0 Å². The van der Waals surface area contributed by atoms with Crippen LogP contribution < -0.4 is 0 Å². The monoisotopic (exact) mass is 192 g/mol. The molecule has 2 rings (SSSR count). The first-order valence-electron chi connectivity index (χ1n) is 6.53. The zero-order chi connectivity index (χ0) is 9.80. The number of fused-ring (bicyclic) bond motifs is 1. The summed E-state index contributed by atoms with van der Waals surface area (Å²) in [6.07, 6.45) is 16.5. The molecule has 3 atom stereocenters. The van der Waals surface area contributed by atoms with Crippen molar-refractivity contribution >= 4 is 0 Å². The average Bonchev–Trinajstić information content (AvgIpc) is 2.88. The lowest BCUT2D eigenvalue weighted by molar-refractivity contribution is 0.435. The van der Waals surface area contributed by atoms with E-state index in [0.717, 1.165) is 17.8 Å². The predicted molar refractivity (Wildman–Crippen MR) is 62.2 cm³/mol. The molecule has 0 amide bonds. The van der Waals surface area contributed by atoms with E-state index < -0.39 is 0 Å². The summed E-state index contributed by atoms with van der Waals surface area (Å²) >= 11 is 0. The van der Waals surface area contributed by atoms with E-state index in [4.69, 9.17) is 0 Å². The molecule has 0 N–H and O–H groups in total.